The number of hydrogen-bond acceptors (Lipinski definition) is 4. The lowest BCUT2D eigenvalue weighted by atomic mass is 10.1. The number of esters is 1. The number of hydrogen-bond donors (Lipinski definition) is 2. The molecule has 2 aromatic rings. The Kier molecular flexibility index (Phi) is 4.82. The average molecular weight is 284 g/mol. The number of carbonyl (C=O) groups is 1. The Bertz CT molecular complexity index is 638. The molecule has 2 rings (SSSR count). The van der Waals surface area contributed by atoms with E-state index in [0.29, 0.717) is 23.5 Å². The van der Waals surface area contributed by atoms with Crippen LogP contribution in [0.25, 0.3) is 0 Å². The van der Waals surface area contributed by atoms with Gasteiger partial charge in [-0.05, 0) is 43.2 Å². The third kappa shape index (κ3) is 3.54. The van der Waals surface area contributed by atoms with Crippen molar-refractivity contribution in [3.63, 3.8) is 0 Å². The van der Waals surface area contributed by atoms with E-state index in [1.54, 1.807) is 19.1 Å². The summed E-state index contributed by atoms with van der Waals surface area (Å²) in [5, 5.41) is 3.25. The highest BCUT2D eigenvalue weighted by Gasteiger charge is 2.13. The van der Waals surface area contributed by atoms with Crippen LogP contribution in [0, 0.1) is 0 Å². The summed E-state index contributed by atoms with van der Waals surface area (Å²) in [5.41, 5.74) is 9.74. The van der Waals surface area contributed by atoms with Gasteiger partial charge in [0.2, 0.25) is 0 Å². The smallest absolute Gasteiger partial charge is 0.340 e. The first-order valence-corrected chi connectivity index (χ1v) is 7.07. The highest BCUT2D eigenvalue weighted by atomic mass is 16.5. The Labute approximate surface area is 124 Å². The molecule has 0 bridgehead atoms. The maximum Gasteiger partial charge on any atom is 0.340 e. The van der Waals surface area contributed by atoms with E-state index in [-0.39, 0.29) is 0 Å². The number of carbonyl (C=O) groups excluding carboxylic acids is 1. The Morgan fingerprint density at radius 1 is 1.19 bits per heavy atom. The van der Waals surface area contributed by atoms with Crippen molar-refractivity contribution >= 4 is 23.0 Å². The van der Waals surface area contributed by atoms with Gasteiger partial charge in [-0.3, -0.25) is 0 Å². The van der Waals surface area contributed by atoms with Crippen LogP contribution in [0.1, 0.15) is 29.8 Å². The van der Waals surface area contributed by atoms with E-state index in [2.05, 4.69) is 24.4 Å². The van der Waals surface area contributed by atoms with Crippen molar-refractivity contribution in [1.82, 2.24) is 0 Å². The van der Waals surface area contributed by atoms with Gasteiger partial charge in [0, 0.05) is 5.69 Å². The highest BCUT2D eigenvalue weighted by Crippen LogP contribution is 2.27. The Morgan fingerprint density at radius 2 is 1.95 bits per heavy atom. The van der Waals surface area contributed by atoms with Gasteiger partial charge in [-0.2, -0.15) is 0 Å². The fourth-order valence-electron chi connectivity index (χ4n) is 2.09. The number of rotatable bonds is 5. The standard InChI is InChI=1S/C17H20N2O2/c1-3-12-7-5-8-13(11-12)19-15-10-6-9-14(16(15)18)17(20)21-4-2/h5-11,19H,3-4,18H2,1-2H3. The largest absolute Gasteiger partial charge is 0.462 e. The van der Waals surface area contributed by atoms with Crippen LogP contribution >= 0.6 is 0 Å². The van der Waals surface area contributed by atoms with E-state index in [0.717, 1.165) is 12.1 Å². The number of nitrogen functional groups attached to an aromatic ring is 1. The summed E-state index contributed by atoms with van der Waals surface area (Å²) >= 11 is 0. The second-order valence-electron chi connectivity index (χ2n) is 4.67. The Morgan fingerprint density at radius 3 is 2.67 bits per heavy atom. The molecule has 0 radical (unpaired) electrons. The molecule has 3 N–H and O–H groups in total. The van der Waals surface area contributed by atoms with Crippen molar-refractivity contribution in [2.75, 3.05) is 17.7 Å². The minimum Gasteiger partial charge on any atom is -0.462 e. The van der Waals surface area contributed by atoms with Gasteiger partial charge in [0.15, 0.2) is 0 Å². The van der Waals surface area contributed by atoms with E-state index >= 15 is 0 Å². The molecule has 0 aliphatic carbocycles. The first-order chi connectivity index (χ1) is 10.2. The van der Waals surface area contributed by atoms with Gasteiger partial charge in [-0.1, -0.05) is 25.1 Å². The van der Waals surface area contributed by atoms with Crippen molar-refractivity contribution in [2.24, 2.45) is 0 Å². The highest BCUT2D eigenvalue weighted by molar-refractivity contribution is 5.98. The molecule has 0 unspecified atom stereocenters. The first-order valence-electron chi connectivity index (χ1n) is 7.07. The van der Waals surface area contributed by atoms with Crippen LogP contribution in [0.4, 0.5) is 17.1 Å². The predicted octanol–water partition coefficient (Wildman–Crippen LogP) is 3.75. The minimum absolute atomic E-state index is 0.328. The molecule has 0 aliphatic rings. The maximum atomic E-state index is 11.8. The van der Waals surface area contributed by atoms with Crippen molar-refractivity contribution in [2.45, 2.75) is 20.3 Å². The first kappa shape index (κ1) is 14.9. The zero-order chi connectivity index (χ0) is 15.2. The minimum atomic E-state index is -0.402. The van der Waals surface area contributed by atoms with Crippen molar-refractivity contribution in [3.05, 3.63) is 53.6 Å². The number of anilines is 3. The molecule has 0 atom stereocenters. The zero-order valence-corrected chi connectivity index (χ0v) is 12.3. The summed E-state index contributed by atoms with van der Waals surface area (Å²) in [4.78, 5) is 11.8. The van der Waals surface area contributed by atoms with E-state index in [9.17, 15) is 4.79 Å². The average Bonchev–Trinajstić information content (AvgIpc) is 2.50. The Balaban J connectivity index is 2.28. The summed E-state index contributed by atoms with van der Waals surface area (Å²) in [7, 11) is 0. The molecule has 4 nitrogen and oxygen atoms in total. The van der Waals surface area contributed by atoms with Crippen LogP contribution in [0.5, 0.6) is 0 Å². The molecule has 0 spiro atoms. The number of nitrogens with one attached hydrogen (secondary N) is 1. The molecule has 0 aromatic heterocycles. The molecule has 21 heavy (non-hydrogen) atoms. The SMILES string of the molecule is CCOC(=O)c1cccc(Nc2cccc(CC)c2)c1N. The van der Waals surface area contributed by atoms with Crippen molar-refractivity contribution in [3.8, 4) is 0 Å². The normalized spacial score (nSPS) is 10.2. The summed E-state index contributed by atoms with van der Waals surface area (Å²) < 4.78 is 5.00. The predicted molar refractivity (Wildman–Crippen MR) is 85.9 cm³/mol. The van der Waals surface area contributed by atoms with Crippen LogP contribution < -0.4 is 11.1 Å². The van der Waals surface area contributed by atoms with Gasteiger partial charge in [-0.15, -0.1) is 0 Å². The zero-order valence-electron chi connectivity index (χ0n) is 12.3. The van der Waals surface area contributed by atoms with Gasteiger partial charge in [-0.25, -0.2) is 4.79 Å². The van der Waals surface area contributed by atoms with Crippen molar-refractivity contribution in [1.29, 1.82) is 0 Å². The van der Waals surface area contributed by atoms with Gasteiger partial charge >= 0.3 is 5.97 Å². The number of ether oxygens (including phenoxy) is 1. The quantitative estimate of drug-likeness (QED) is 0.648. The number of aryl methyl sites for hydroxylation is 1. The molecule has 0 fully saturated rings. The summed E-state index contributed by atoms with van der Waals surface area (Å²) in [6.07, 6.45) is 0.966. The number of para-hydroxylation sites is 1. The van der Waals surface area contributed by atoms with Gasteiger partial charge in [0.1, 0.15) is 0 Å². The van der Waals surface area contributed by atoms with E-state index in [1.165, 1.54) is 5.56 Å². The third-order valence-electron chi connectivity index (χ3n) is 3.22. The second-order valence-corrected chi connectivity index (χ2v) is 4.67. The molecule has 0 saturated carbocycles. The fourth-order valence-corrected chi connectivity index (χ4v) is 2.09. The van der Waals surface area contributed by atoms with Gasteiger partial charge < -0.3 is 15.8 Å². The van der Waals surface area contributed by atoms with Crippen molar-refractivity contribution < 1.29 is 9.53 Å². The molecular weight excluding hydrogens is 264 g/mol. The molecule has 0 saturated heterocycles. The molecule has 0 amide bonds. The molecule has 0 heterocycles. The lowest BCUT2D eigenvalue weighted by molar-refractivity contribution is 0.0527. The Hall–Kier alpha value is -2.49. The monoisotopic (exact) mass is 284 g/mol. The molecular formula is C17H20N2O2. The molecule has 0 aliphatic heterocycles. The van der Waals surface area contributed by atoms with Gasteiger partial charge in [0.05, 0.1) is 23.5 Å². The number of benzene rings is 2. The lowest BCUT2D eigenvalue weighted by Gasteiger charge is -2.13. The number of nitrogens with two attached hydrogens (primary N) is 1. The molecule has 4 heteroatoms. The molecule has 2 aromatic carbocycles. The third-order valence-corrected chi connectivity index (χ3v) is 3.22. The van der Waals surface area contributed by atoms with E-state index < -0.39 is 5.97 Å². The van der Waals surface area contributed by atoms with Crippen LogP contribution in [0.2, 0.25) is 0 Å². The second kappa shape index (κ2) is 6.79. The van der Waals surface area contributed by atoms with Crippen LogP contribution in [-0.2, 0) is 11.2 Å². The fraction of sp³-hybridized carbons (Fsp3) is 0.235. The van der Waals surface area contributed by atoms with Crippen LogP contribution in [0.15, 0.2) is 42.5 Å². The summed E-state index contributed by atoms with van der Waals surface area (Å²) in [6.45, 7) is 4.20. The van der Waals surface area contributed by atoms with Crippen LogP contribution in [-0.4, -0.2) is 12.6 Å². The van der Waals surface area contributed by atoms with Crippen LogP contribution in [0.3, 0.4) is 0 Å². The van der Waals surface area contributed by atoms with E-state index in [4.69, 9.17) is 10.5 Å². The van der Waals surface area contributed by atoms with Gasteiger partial charge in [0.25, 0.3) is 0 Å². The summed E-state index contributed by atoms with van der Waals surface area (Å²) in [5.74, 6) is -0.402. The van der Waals surface area contributed by atoms with E-state index in [1.807, 2.05) is 18.2 Å². The molecule has 110 valence electrons. The summed E-state index contributed by atoms with van der Waals surface area (Å²) in [6, 6.07) is 13.4. The lowest BCUT2D eigenvalue weighted by Crippen LogP contribution is -2.09. The maximum absolute atomic E-state index is 11.8. The topological polar surface area (TPSA) is 64.3 Å².